The Hall–Kier alpha value is -1.11. The van der Waals surface area contributed by atoms with Gasteiger partial charge in [0.25, 0.3) is 0 Å². The Morgan fingerprint density at radius 3 is 2.75 bits per heavy atom. The van der Waals surface area contributed by atoms with Crippen molar-refractivity contribution < 1.29 is 8.42 Å². The van der Waals surface area contributed by atoms with Crippen LogP contribution < -0.4 is 5.73 Å². The Kier molecular flexibility index (Phi) is 2.32. The molecule has 0 saturated heterocycles. The maximum atomic E-state index is 10.7. The molecule has 0 aliphatic rings. The topological polar surface area (TPSA) is 90.9 Å². The zero-order valence-corrected chi connectivity index (χ0v) is 7.45. The summed E-state index contributed by atoms with van der Waals surface area (Å²) in [7, 11) is -2.94. The van der Waals surface area contributed by atoms with Gasteiger partial charge in [0.2, 0.25) is 5.95 Å². The number of anilines is 1. The van der Waals surface area contributed by atoms with Gasteiger partial charge < -0.3 is 5.73 Å². The van der Waals surface area contributed by atoms with Crippen LogP contribution in [0.15, 0.2) is 6.33 Å². The smallest absolute Gasteiger partial charge is 0.239 e. The number of sulfone groups is 1. The molecule has 68 valence electrons. The van der Waals surface area contributed by atoms with E-state index in [1.165, 1.54) is 17.3 Å². The SMILES string of the molecule is CS(=O)(=O)CCn1cnc(N)n1. The van der Waals surface area contributed by atoms with E-state index in [-0.39, 0.29) is 11.7 Å². The van der Waals surface area contributed by atoms with Crippen molar-refractivity contribution in [3.05, 3.63) is 6.33 Å². The van der Waals surface area contributed by atoms with Crippen LogP contribution in [-0.2, 0) is 16.4 Å². The first-order valence-electron chi connectivity index (χ1n) is 3.30. The Morgan fingerprint density at radius 1 is 1.67 bits per heavy atom. The van der Waals surface area contributed by atoms with Gasteiger partial charge in [-0.3, -0.25) is 0 Å². The van der Waals surface area contributed by atoms with Crippen LogP contribution in [0.5, 0.6) is 0 Å². The lowest BCUT2D eigenvalue weighted by atomic mass is 10.8. The summed E-state index contributed by atoms with van der Waals surface area (Å²) in [6.07, 6.45) is 2.58. The summed E-state index contributed by atoms with van der Waals surface area (Å²) in [5.74, 6) is 0.207. The van der Waals surface area contributed by atoms with E-state index < -0.39 is 9.84 Å². The Labute approximate surface area is 70.3 Å². The summed E-state index contributed by atoms with van der Waals surface area (Å²) in [6, 6.07) is 0. The lowest BCUT2D eigenvalue weighted by Gasteiger charge is -1.96. The second-order valence-electron chi connectivity index (χ2n) is 2.50. The highest BCUT2D eigenvalue weighted by Gasteiger charge is 2.03. The van der Waals surface area contributed by atoms with Crippen LogP contribution in [0.25, 0.3) is 0 Å². The molecule has 0 aliphatic carbocycles. The van der Waals surface area contributed by atoms with Crippen molar-refractivity contribution in [1.82, 2.24) is 14.8 Å². The average molecular weight is 190 g/mol. The van der Waals surface area contributed by atoms with E-state index in [0.29, 0.717) is 6.54 Å². The monoisotopic (exact) mass is 190 g/mol. The average Bonchev–Trinajstić information content (AvgIpc) is 2.30. The maximum absolute atomic E-state index is 10.7. The molecule has 0 amide bonds. The lowest BCUT2D eigenvalue weighted by Crippen LogP contribution is -2.11. The molecule has 12 heavy (non-hydrogen) atoms. The van der Waals surface area contributed by atoms with E-state index >= 15 is 0 Å². The number of aromatic nitrogens is 3. The van der Waals surface area contributed by atoms with Gasteiger partial charge in [-0.15, -0.1) is 5.10 Å². The zero-order chi connectivity index (χ0) is 9.19. The van der Waals surface area contributed by atoms with E-state index in [1.54, 1.807) is 0 Å². The summed E-state index contributed by atoms with van der Waals surface area (Å²) in [4.78, 5) is 3.65. The molecule has 6 nitrogen and oxygen atoms in total. The van der Waals surface area contributed by atoms with Gasteiger partial charge in [0, 0.05) is 6.26 Å². The maximum Gasteiger partial charge on any atom is 0.239 e. The molecule has 0 saturated carbocycles. The minimum Gasteiger partial charge on any atom is -0.367 e. The van der Waals surface area contributed by atoms with Gasteiger partial charge in [-0.1, -0.05) is 0 Å². The first-order valence-corrected chi connectivity index (χ1v) is 5.36. The lowest BCUT2D eigenvalue weighted by molar-refractivity contribution is 0.586. The zero-order valence-electron chi connectivity index (χ0n) is 6.64. The predicted molar refractivity (Wildman–Crippen MR) is 44.1 cm³/mol. The Bertz CT molecular complexity index is 355. The van der Waals surface area contributed by atoms with Crippen LogP contribution in [0, 0.1) is 0 Å². The van der Waals surface area contributed by atoms with Crippen molar-refractivity contribution in [3.8, 4) is 0 Å². The number of nitrogens with two attached hydrogens (primary N) is 1. The molecular weight excluding hydrogens is 180 g/mol. The number of rotatable bonds is 3. The summed E-state index contributed by atoms with van der Waals surface area (Å²) >= 11 is 0. The third-order valence-corrected chi connectivity index (χ3v) is 2.17. The molecule has 0 atom stereocenters. The van der Waals surface area contributed by atoms with Crippen LogP contribution in [-0.4, -0.2) is 35.2 Å². The molecule has 0 unspecified atom stereocenters. The Balaban J connectivity index is 2.55. The van der Waals surface area contributed by atoms with Crippen molar-refractivity contribution in [1.29, 1.82) is 0 Å². The van der Waals surface area contributed by atoms with Gasteiger partial charge in [0.15, 0.2) is 0 Å². The summed E-state index contributed by atoms with van der Waals surface area (Å²) in [6.45, 7) is 0.295. The quantitative estimate of drug-likeness (QED) is 0.653. The van der Waals surface area contributed by atoms with Crippen molar-refractivity contribution >= 4 is 15.8 Å². The summed E-state index contributed by atoms with van der Waals surface area (Å²) < 4.78 is 22.8. The van der Waals surface area contributed by atoms with Crippen LogP contribution in [0.4, 0.5) is 5.95 Å². The molecule has 1 rings (SSSR count). The van der Waals surface area contributed by atoms with Gasteiger partial charge in [-0.2, -0.15) is 0 Å². The fraction of sp³-hybridized carbons (Fsp3) is 0.600. The van der Waals surface area contributed by atoms with Crippen LogP contribution in [0.2, 0.25) is 0 Å². The van der Waals surface area contributed by atoms with E-state index in [2.05, 4.69) is 10.1 Å². The van der Waals surface area contributed by atoms with Gasteiger partial charge in [0.1, 0.15) is 16.2 Å². The molecule has 0 spiro atoms. The Morgan fingerprint density at radius 2 is 2.33 bits per heavy atom. The normalized spacial score (nSPS) is 11.8. The van der Waals surface area contributed by atoms with Crippen molar-refractivity contribution in [2.75, 3.05) is 17.7 Å². The number of hydrogen-bond donors (Lipinski definition) is 1. The number of hydrogen-bond acceptors (Lipinski definition) is 5. The minimum absolute atomic E-state index is 0.0514. The first-order chi connectivity index (χ1) is 5.47. The standard InChI is InChI=1S/C5H10N4O2S/c1-12(10,11)3-2-9-4-7-5(6)8-9/h4H,2-3H2,1H3,(H2,6,8). The molecule has 0 bridgehead atoms. The second kappa shape index (κ2) is 3.10. The highest BCUT2D eigenvalue weighted by molar-refractivity contribution is 7.90. The van der Waals surface area contributed by atoms with Crippen molar-refractivity contribution in [2.45, 2.75) is 6.54 Å². The summed E-state index contributed by atoms with van der Waals surface area (Å²) in [5.41, 5.74) is 5.23. The number of nitrogens with zero attached hydrogens (tertiary/aromatic N) is 3. The molecule has 1 aromatic rings. The van der Waals surface area contributed by atoms with Gasteiger partial charge in [0.05, 0.1) is 12.3 Å². The fourth-order valence-electron chi connectivity index (χ4n) is 0.676. The minimum atomic E-state index is -2.94. The third kappa shape index (κ3) is 2.87. The number of aryl methyl sites for hydroxylation is 1. The van der Waals surface area contributed by atoms with Crippen molar-refractivity contribution in [2.24, 2.45) is 0 Å². The number of nitrogen functional groups attached to an aromatic ring is 1. The third-order valence-electron chi connectivity index (χ3n) is 1.25. The van der Waals surface area contributed by atoms with E-state index in [4.69, 9.17) is 5.73 Å². The molecule has 1 aromatic heterocycles. The van der Waals surface area contributed by atoms with Gasteiger partial charge in [-0.05, 0) is 0 Å². The molecule has 0 fully saturated rings. The highest BCUT2D eigenvalue weighted by Crippen LogP contribution is 1.91. The first kappa shape index (κ1) is 8.98. The van der Waals surface area contributed by atoms with Crippen molar-refractivity contribution in [3.63, 3.8) is 0 Å². The summed E-state index contributed by atoms with van der Waals surface area (Å²) in [5, 5.41) is 3.73. The molecule has 1 heterocycles. The van der Waals surface area contributed by atoms with E-state index in [1.807, 2.05) is 0 Å². The molecule has 7 heteroatoms. The van der Waals surface area contributed by atoms with Gasteiger partial charge in [-0.25, -0.2) is 18.1 Å². The van der Waals surface area contributed by atoms with Gasteiger partial charge >= 0.3 is 0 Å². The predicted octanol–water partition coefficient (Wildman–Crippen LogP) is -1.10. The fourth-order valence-corrected chi connectivity index (χ4v) is 1.19. The van der Waals surface area contributed by atoms with Crippen LogP contribution in [0.1, 0.15) is 0 Å². The molecular formula is C5H10N4O2S. The van der Waals surface area contributed by atoms with E-state index in [0.717, 1.165) is 0 Å². The highest BCUT2D eigenvalue weighted by atomic mass is 32.2. The largest absolute Gasteiger partial charge is 0.367 e. The molecule has 0 aromatic carbocycles. The van der Waals surface area contributed by atoms with Crippen LogP contribution >= 0.6 is 0 Å². The van der Waals surface area contributed by atoms with E-state index in [9.17, 15) is 8.42 Å². The van der Waals surface area contributed by atoms with Crippen LogP contribution in [0.3, 0.4) is 0 Å². The second-order valence-corrected chi connectivity index (χ2v) is 4.76. The molecule has 0 radical (unpaired) electrons. The molecule has 2 N–H and O–H groups in total. The molecule has 0 aliphatic heterocycles.